The van der Waals surface area contributed by atoms with E-state index in [9.17, 15) is 22.8 Å². The maximum absolute atomic E-state index is 13.2. The summed E-state index contributed by atoms with van der Waals surface area (Å²) in [6.45, 7) is 3.56. The number of nitrogens with two attached hydrogens (primary N) is 1. The zero-order valence-electron chi connectivity index (χ0n) is 18.7. The van der Waals surface area contributed by atoms with Crippen LogP contribution in [0.25, 0.3) is 10.2 Å². The van der Waals surface area contributed by atoms with Crippen LogP contribution in [-0.2, 0) is 19.2 Å². The lowest BCUT2D eigenvalue weighted by molar-refractivity contribution is -0.141. The highest BCUT2D eigenvalue weighted by molar-refractivity contribution is 7.21. The molecule has 0 radical (unpaired) electrons. The number of thiophene rings is 1. The third kappa shape index (κ3) is 5.14. The molecule has 2 amide bonds. The van der Waals surface area contributed by atoms with E-state index in [0.717, 1.165) is 12.5 Å². The minimum absolute atomic E-state index is 0.00793. The Morgan fingerprint density at radius 2 is 1.89 bits per heavy atom. The quantitative estimate of drug-likeness (QED) is 0.336. The molecule has 3 aromatic heterocycles. The Kier molecular flexibility index (Phi) is 6.53. The molecule has 0 bridgehead atoms. The van der Waals surface area contributed by atoms with Crippen LogP contribution in [0.15, 0.2) is 46.9 Å². The number of carbonyl (C=O) groups is 2. The van der Waals surface area contributed by atoms with Crippen molar-refractivity contribution in [2.24, 2.45) is 5.73 Å². The van der Waals surface area contributed by atoms with Crippen LogP contribution in [0.3, 0.4) is 0 Å². The topological polar surface area (TPSA) is 107 Å². The number of nitrogens with one attached hydrogen (secondary N) is 1. The molecule has 0 saturated carbocycles. The summed E-state index contributed by atoms with van der Waals surface area (Å²) in [6, 6.07) is 11.4. The molecule has 11 heteroatoms. The number of nitrogens with zero attached hydrogens (tertiary/aromatic N) is 1. The summed E-state index contributed by atoms with van der Waals surface area (Å²) in [5, 5.41) is 2.75. The molecule has 182 valence electrons. The van der Waals surface area contributed by atoms with Crippen molar-refractivity contribution in [3.05, 3.63) is 75.7 Å². The van der Waals surface area contributed by atoms with Crippen LogP contribution in [0.4, 0.5) is 18.9 Å². The Balaban J connectivity index is 1.56. The molecule has 3 N–H and O–H groups in total. The van der Waals surface area contributed by atoms with Gasteiger partial charge in [0.2, 0.25) is 0 Å². The zero-order valence-corrected chi connectivity index (χ0v) is 19.5. The number of furan rings is 1. The number of ether oxygens (including phenoxy) is 1. The van der Waals surface area contributed by atoms with Crippen molar-refractivity contribution in [2.45, 2.75) is 33.1 Å². The number of halogens is 3. The minimum atomic E-state index is -4.66. The number of carbonyl (C=O) groups excluding carboxylic acids is 2. The summed E-state index contributed by atoms with van der Waals surface area (Å²) < 4.78 is 50.7. The number of fused-ring (bicyclic) bond motifs is 1. The molecule has 0 unspecified atom stereocenters. The smallest absolute Gasteiger partial charge is 0.433 e. The fraction of sp³-hybridized carbons (Fsp3) is 0.208. The van der Waals surface area contributed by atoms with Gasteiger partial charge >= 0.3 is 6.18 Å². The second kappa shape index (κ2) is 9.41. The summed E-state index contributed by atoms with van der Waals surface area (Å²) >= 11 is 0.676. The lowest BCUT2D eigenvalue weighted by Gasteiger charge is -2.09. The summed E-state index contributed by atoms with van der Waals surface area (Å²) in [6.07, 6.45) is -3.75. The highest BCUT2D eigenvalue weighted by Crippen LogP contribution is 2.40. The Labute approximate surface area is 201 Å². The molecule has 1 aromatic carbocycles. The molecular weight excluding hydrogens is 483 g/mol. The number of alkyl halides is 3. The van der Waals surface area contributed by atoms with Gasteiger partial charge in [-0.1, -0.05) is 19.1 Å². The highest BCUT2D eigenvalue weighted by Gasteiger charge is 2.34. The first kappa shape index (κ1) is 24.3. The number of primary amides is 1. The second-order valence-electron chi connectivity index (χ2n) is 7.68. The van der Waals surface area contributed by atoms with Crippen LogP contribution in [0.2, 0.25) is 0 Å². The molecule has 35 heavy (non-hydrogen) atoms. The van der Waals surface area contributed by atoms with Crippen molar-refractivity contribution in [1.82, 2.24) is 4.98 Å². The Morgan fingerprint density at radius 1 is 1.17 bits per heavy atom. The molecule has 0 aliphatic carbocycles. The van der Waals surface area contributed by atoms with Crippen molar-refractivity contribution >= 4 is 39.1 Å². The molecule has 7 nitrogen and oxygen atoms in total. The third-order valence-electron chi connectivity index (χ3n) is 5.21. The first-order valence-corrected chi connectivity index (χ1v) is 11.3. The molecule has 0 saturated heterocycles. The minimum Gasteiger partial charge on any atom is -0.486 e. The van der Waals surface area contributed by atoms with Gasteiger partial charge in [0.25, 0.3) is 11.8 Å². The summed E-state index contributed by atoms with van der Waals surface area (Å²) in [4.78, 5) is 28.2. The van der Waals surface area contributed by atoms with E-state index in [-0.39, 0.29) is 38.7 Å². The number of rotatable bonds is 7. The average Bonchev–Trinajstić information content (AvgIpc) is 3.43. The van der Waals surface area contributed by atoms with Crippen molar-refractivity contribution in [1.29, 1.82) is 0 Å². The van der Waals surface area contributed by atoms with Gasteiger partial charge in [0.1, 0.15) is 33.5 Å². The maximum atomic E-state index is 13.2. The van der Waals surface area contributed by atoms with Gasteiger partial charge in [-0.05, 0) is 54.8 Å². The number of anilines is 1. The molecule has 0 atom stereocenters. The zero-order chi connectivity index (χ0) is 25.3. The number of aryl methyl sites for hydroxylation is 2. The van der Waals surface area contributed by atoms with Gasteiger partial charge in [0.05, 0.1) is 5.69 Å². The van der Waals surface area contributed by atoms with E-state index in [1.807, 2.05) is 31.2 Å². The molecule has 3 heterocycles. The first-order chi connectivity index (χ1) is 16.6. The van der Waals surface area contributed by atoms with E-state index >= 15 is 0 Å². The average molecular weight is 504 g/mol. The normalized spacial score (nSPS) is 11.6. The number of aromatic nitrogens is 1. The van der Waals surface area contributed by atoms with Gasteiger partial charge in [-0.3, -0.25) is 9.59 Å². The number of hydrogen-bond acceptors (Lipinski definition) is 6. The molecule has 4 rings (SSSR count). The number of benzene rings is 1. The van der Waals surface area contributed by atoms with Crippen LogP contribution in [-0.4, -0.2) is 16.8 Å². The van der Waals surface area contributed by atoms with Crippen molar-refractivity contribution in [3.63, 3.8) is 0 Å². The summed E-state index contributed by atoms with van der Waals surface area (Å²) in [5.41, 5.74) is 5.66. The molecule has 0 aliphatic rings. The SMILES string of the molecule is CCc1ccc(OCc2ccc(C(=O)Nc3c(C(N)=O)sc4nc(C(F)(F)F)cc(C)c34)o2)cc1. The van der Waals surface area contributed by atoms with E-state index in [1.165, 1.54) is 18.6 Å². The lowest BCUT2D eigenvalue weighted by Crippen LogP contribution is -2.16. The van der Waals surface area contributed by atoms with Crippen LogP contribution >= 0.6 is 11.3 Å². The largest absolute Gasteiger partial charge is 0.486 e. The molecular formula is C24H20F3N3O4S. The molecule has 4 aromatic rings. The van der Waals surface area contributed by atoms with E-state index < -0.39 is 23.7 Å². The Morgan fingerprint density at radius 3 is 2.51 bits per heavy atom. The summed E-state index contributed by atoms with van der Waals surface area (Å²) in [7, 11) is 0. The molecule has 0 fully saturated rings. The summed E-state index contributed by atoms with van der Waals surface area (Å²) in [5.74, 6) is -0.657. The van der Waals surface area contributed by atoms with Gasteiger partial charge in [-0.2, -0.15) is 13.2 Å². The maximum Gasteiger partial charge on any atom is 0.433 e. The number of hydrogen-bond donors (Lipinski definition) is 2. The first-order valence-electron chi connectivity index (χ1n) is 10.5. The highest BCUT2D eigenvalue weighted by atomic mass is 32.1. The molecule has 0 aliphatic heterocycles. The third-order valence-corrected chi connectivity index (χ3v) is 6.31. The van der Waals surface area contributed by atoms with Gasteiger partial charge in [-0.25, -0.2) is 4.98 Å². The standard InChI is InChI=1S/C24H20F3N3O4S/c1-3-13-4-6-14(7-5-13)33-11-15-8-9-16(34-15)22(32)30-19-18-12(2)10-17(24(25,26)27)29-23(18)35-20(19)21(28)31/h4-10H,3,11H2,1-2H3,(H2,28,31)(H,30,32). The van der Waals surface area contributed by atoms with Crippen molar-refractivity contribution in [2.75, 3.05) is 5.32 Å². The van der Waals surface area contributed by atoms with Gasteiger partial charge in [0.15, 0.2) is 5.76 Å². The fourth-order valence-electron chi connectivity index (χ4n) is 3.45. The van der Waals surface area contributed by atoms with Crippen LogP contribution < -0.4 is 15.8 Å². The predicted molar refractivity (Wildman–Crippen MR) is 125 cm³/mol. The van der Waals surface area contributed by atoms with Crippen molar-refractivity contribution < 1.29 is 31.9 Å². The number of amides is 2. The van der Waals surface area contributed by atoms with Crippen LogP contribution in [0.5, 0.6) is 5.75 Å². The lowest BCUT2D eigenvalue weighted by atomic mass is 10.1. The van der Waals surface area contributed by atoms with E-state index in [0.29, 0.717) is 22.8 Å². The van der Waals surface area contributed by atoms with Gasteiger partial charge < -0.3 is 20.2 Å². The van der Waals surface area contributed by atoms with E-state index in [2.05, 4.69) is 10.3 Å². The monoisotopic (exact) mass is 503 g/mol. The Hall–Kier alpha value is -3.86. The van der Waals surface area contributed by atoms with Gasteiger partial charge in [0, 0.05) is 5.39 Å². The second-order valence-corrected chi connectivity index (χ2v) is 8.68. The predicted octanol–water partition coefficient (Wildman–Crippen LogP) is 5.71. The van der Waals surface area contributed by atoms with E-state index in [4.69, 9.17) is 14.9 Å². The van der Waals surface area contributed by atoms with E-state index in [1.54, 1.807) is 6.07 Å². The Bertz CT molecular complexity index is 1410. The van der Waals surface area contributed by atoms with Crippen LogP contribution in [0, 0.1) is 6.92 Å². The van der Waals surface area contributed by atoms with Gasteiger partial charge in [-0.15, -0.1) is 11.3 Å². The van der Waals surface area contributed by atoms with Crippen LogP contribution in [0.1, 0.15) is 49.7 Å². The fourth-order valence-corrected chi connectivity index (χ4v) is 4.51. The van der Waals surface area contributed by atoms with Crippen molar-refractivity contribution in [3.8, 4) is 5.75 Å². The molecule has 0 spiro atoms. The number of pyridine rings is 1.